The topological polar surface area (TPSA) is 47.6 Å². The second-order valence-corrected chi connectivity index (χ2v) is 4.46. The molecule has 4 heteroatoms. The van der Waals surface area contributed by atoms with Crippen molar-refractivity contribution in [3.05, 3.63) is 23.3 Å². The van der Waals surface area contributed by atoms with Crippen molar-refractivity contribution in [3.63, 3.8) is 0 Å². The molecule has 0 aromatic heterocycles. The van der Waals surface area contributed by atoms with Crippen molar-refractivity contribution < 1.29 is 14.3 Å². The summed E-state index contributed by atoms with van der Waals surface area (Å²) in [6, 6.07) is 3.91. The second-order valence-electron chi connectivity index (χ2n) is 4.46. The predicted molar refractivity (Wildman–Crippen MR) is 72.1 cm³/mol. The molecule has 2 rings (SSSR count). The van der Waals surface area contributed by atoms with E-state index in [2.05, 4.69) is 17.2 Å². The van der Waals surface area contributed by atoms with Crippen molar-refractivity contribution in [2.45, 2.75) is 32.9 Å². The third-order valence-electron chi connectivity index (χ3n) is 2.98. The van der Waals surface area contributed by atoms with Gasteiger partial charge in [-0.25, -0.2) is 0 Å². The van der Waals surface area contributed by atoms with Crippen molar-refractivity contribution in [2.24, 2.45) is 0 Å². The van der Waals surface area contributed by atoms with E-state index in [9.17, 15) is 4.79 Å². The maximum absolute atomic E-state index is 11.3. The zero-order chi connectivity index (χ0) is 13.8. The van der Waals surface area contributed by atoms with E-state index < -0.39 is 0 Å². The van der Waals surface area contributed by atoms with E-state index in [1.807, 2.05) is 19.1 Å². The van der Waals surface area contributed by atoms with Crippen LogP contribution in [0.15, 0.2) is 12.1 Å². The molecule has 4 nitrogen and oxygen atoms in total. The summed E-state index contributed by atoms with van der Waals surface area (Å²) in [4.78, 5) is 11.3. The molecule has 1 heterocycles. The number of hydrogen-bond donors (Lipinski definition) is 1. The van der Waals surface area contributed by atoms with Crippen molar-refractivity contribution in [1.29, 1.82) is 0 Å². The van der Waals surface area contributed by atoms with Gasteiger partial charge in [0.2, 0.25) is 0 Å². The van der Waals surface area contributed by atoms with Gasteiger partial charge in [-0.05, 0) is 31.9 Å². The van der Waals surface area contributed by atoms with Gasteiger partial charge in [0.25, 0.3) is 5.91 Å². The molecular formula is C15H17NO3. The fourth-order valence-electron chi connectivity index (χ4n) is 2.14. The fourth-order valence-corrected chi connectivity index (χ4v) is 2.14. The third kappa shape index (κ3) is 3.00. The Labute approximate surface area is 113 Å². The first-order chi connectivity index (χ1) is 9.13. The molecule has 0 saturated heterocycles. The van der Waals surface area contributed by atoms with Crippen LogP contribution in [0.4, 0.5) is 0 Å². The van der Waals surface area contributed by atoms with E-state index >= 15 is 0 Å². The van der Waals surface area contributed by atoms with Gasteiger partial charge in [-0.3, -0.25) is 4.79 Å². The van der Waals surface area contributed by atoms with Crippen molar-refractivity contribution in [2.75, 3.05) is 7.11 Å². The SMILES string of the molecule is CC#CC(=O)NCc1cc2c(cc1OC)CC(C)O2. The van der Waals surface area contributed by atoms with E-state index in [0.717, 1.165) is 29.0 Å². The maximum Gasteiger partial charge on any atom is 0.296 e. The van der Waals surface area contributed by atoms with Gasteiger partial charge in [0.1, 0.15) is 17.6 Å². The number of hydrogen-bond acceptors (Lipinski definition) is 3. The van der Waals surface area contributed by atoms with Crippen LogP contribution in [-0.2, 0) is 17.8 Å². The first kappa shape index (κ1) is 13.3. The van der Waals surface area contributed by atoms with Gasteiger partial charge in [-0.1, -0.05) is 5.92 Å². The van der Waals surface area contributed by atoms with Gasteiger partial charge in [-0.2, -0.15) is 0 Å². The van der Waals surface area contributed by atoms with Crippen LogP contribution in [0.2, 0.25) is 0 Å². The monoisotopic (exact) mass is 259 g/mol. The molecule has 19 heavy (non-hydrogen) atoms. The van der Waals surface area contributed by atoms with Crippen LogP contribution in [0.1, 0.15) is 25.0 Å². The summed E-state index contributed by atoms with van der Waals surface area (Å²) in [6.07, 6.45) is 1.08. The Morgan fingerprint density at radius 2 is 2.37 bits per heavy atom. The first-order valence-electron chi connectivity index (χ1n) is 6.21. The molecular weight excluding hydrogens is 242 g/mol. The number of amides is 1. The van der Waals surface area contributed by atoms with Crippen LogP contribution < -0.4 is 14.8 Å². The molecule has 1 atom stereocenters. The number of carbonyl (C=O) groups excluding carboxylic acids is 1. The minimum absolute atomic E-state index is 0.190. The highest BCUT2D eigenvalue weighted by Crippen LogP contribution is 2.34. The lowest BCUT2D eigenvalue weighted by Crippen LogP contribution is -2.21. The summed E-state index contributed by atoms with van der Waals surface area (Å²) < 4.78 is 11.1. The lowest BCUT2D eigenvalue weighted by Gasteiger charge is -2.11. The Hall–Kier alpha value is -2.15. The molecule has 1 aliphatic heterocycles. The first-order valence-corrected chi connectivity index (χ1v) is 6.21. The molecule has 1 N–H and O–H groups in total. The normalized spacial score (nSPS) is 15.8. The van der Waals surface area contributed by atoms with Crippen molar-refractivity contribution >= 4 is 5.91 Å². The molecule has 0 bridgehead atoms. The summed E-state index contributed by atoms with van der Waals surface area (Å²) >= 11 is 0. The summed E-state index contributed by atoms with van der Waals surface area (Å²) in [7, 11) is 1.62. The van der Waals surface area contributed by atoms with E-state index in [1.54, 1.807) is 14.0 Å². The Morgan fingerprint density at radius 3 is 3.05 bits per heavy atom. The minimum atomic E-state index is -0.292. The average molecular weight is 259 g/mol. The molecule has 1 amide bonds. The molecule has 0 aliphatic carbocycles. The highest BCUT2D eigenvalue weighted by molar-refractivity contribution is 5.93. The van der Waals surface area contributed by atoms with Crippen molar-refractivity contribution in [3.8, 4) is 23.3 Å². The van der Waals surface area contributed by atoms with E-state index in [0.29, 0.717) is 6.54 Å². The number of fused-ring (bicyclic) bond motifs is 1. The zero-order valence-corrected chi connectivity index (χ0v) is 11.4. The Kier molecular flexibility index (Phi) is 3.96. The second kappa shape index (κ2) is 5.66. The number of rotatable bonds is 3. The highest BCUT2D eigenvalue weighted by atomic mass is 16.5. The molecule has 1 aliphatic rings. The van der Waals surface area contributed by atoms with Gasteiger partial charge < -0.3 is 14.8 Å². The Morgan fingerprint density at radius 1 is 1.58 bits per heavy atom. The van der Waals surface area contributed by atoms with Gasteiger partial charge in [0.05, 0.1) is 7.11 Å². The summed E-state index contributed by atoms with van der Waals surface area (Å²) in [5.41, 5.74) is 2.04. The maximum atomic E-state index is 11.3. The van der Waals surface area contributed by atoms with E-state index in [-0.39, 0.29) is 12.0 Å². The van der Waals surface area contributed by atoms with Crippen LogP contribution in [0, 0.1) is 11.8 Å². The van der Waals surface area contributed by atoms with Crippen LogP contribution in [0.5, 0.6) is 11.5 Å². The van der Waals surface area contributed by atoms with Crippen LogP contribution in [0.25, 0.3) is 0 Å². The largest absolute Gasteiger partial charge is 0.496 e. The lowest BCUT2D eigenvalue weighted by molar-refractivity contribution is -0.115. The number of nitrogens with one attached hydrogen (secondary N) is 1. The van der Waals surface area contributed by atoms with Gasteiger partial charge >= 0.3 is 0 Å². The number of carbonyl (C=O) groups is 1. The third-order valence-corrected chi connectivity index (χ3v) is 2.98. The van der Waals surface area contributed by atoms with E-state index in [4.69, 9.17) is 9.47 Å². The van der Waals surface area contributed by atoms with Gasteiger partial charge in [0.15, 0.2) is 0 Å². The van der Waals surface area contributed by atoms with Crippen LogP contribution in [0.3, 0.4) is 0 Å². The van der Waals surface area contributed by atoms with Crippen LogP contribution >= 0.6 is 0 Å². The molecule has 1 aromatic rings. The van der Waals surface area contributed by atoms with Gasteiger partial charge in [0, 0.05) is 24.1 Å². The fraction of sp³-hybridized carbons (Fsp3) is 0.400. The molecule has 1 aromatic carbocycles. The minimum Gasteiger partial charge on any atom is -0.496 e. The smallest absolute Gasteiger partial charge is 0.296 e. The molecule has 0 radical (unpaired) electrons. The molecule has 1 unspecified atom stereocenters. The van der Waals surface area contributed by atoms with Crippen LogP contribution in [-0.4, -0.2) is 19.1 Å². The summed E-state index contributed by atoms with van der Waals surface area (Å²) in [5, 5.41) is 2.73. The Balaban J connectivity index is 2.17. The predicted octanol–water partition coefficient (Wildman–Crippen LogP) is 1.66. The molecule has 0 fully saturated rings. The van der Waals surface area contributed by atoms with E-state index in [1.165, 1.54) is 0 Å². The molecule has 0 saturated carbocycles. The average Bonchev–Trinajstić information content (AvgIpc) is 2.74. The molecule has 0 spiro atoms. The number of benzene rings is 1. The number of ether oxygens (including phenoxy) is 2. The standard InChI is InChI=1S/C15H17NO3/c1-4-5-15(17)16-9-12-8-14-11(6-10(2)19-14)7-13(12)18-3/h7-8,10H,6,9H2,1-3H3,(H,16,17). The molecule has 100 valence electrons. The number of methoxy groups -OCH3 is 1. The quantitative estimate of drug-likeness (QED) is 0.840. The van der Waals surface area contributed by atoms with Crippen molar-refractivity contribution in [1.82, 2.24) is 5.32 Å². The van der Waals surface area contributed by atoms with Gasteiger partial charge in [-0.15, -0.1) is 0 Å². The Bertz CT molecular complexity index is 554. The highest BCUT2D eigenvalue weighted by Gasteiger charge is 2.21. The lowest BCUT2D eigenvalue weighted by atomic mass is 10.1. The zero-order valence-electron chi connectivity index (χ0n) is 11.4. The summed E-state index contributed by atoms with van der Waals surface area (Å²) in [6.45, 7) is 4.04. The summed E-state index contributed by atoms with van der Waals surface area (Å²) in [5.74, 6) is 6.35.